The number of hydrogen-bond donors (Lipinski definition) is 0. The summed E-state index contributed by atoms with van der Waals surface area (Å²) in [5.41, 5.74) is 0.920. The molecular formula is C19H15F3O4S. The van der Waals surface area contributed by atoms with Gasteiger partial charge in [0.25, 0.3) is 0 Å². The van der Waals surface area contributed by atoms with Gasteiger partial charge in [0.1, 0.15) is 23.7 Å². The minimum atomic E-state index is -4.74. The largest absolute Gasteiger partial charge is 0.573 e. The Labute approximate surface area is 157 Å². The predicted octanol–water partition coefficient (Wildman–Crippen LogP) is 5.47. The van der Waals surface area contributed by atoms with Crippen LogP contribution < -0.4 is 9.47 Å². The van der Waals surface area contributed by atoms with E-state index < -0.39 is 12.3 Å². The average molecular weight is 396 g/mol. The number of thiophene rings is 1. The summed E-state index contributed by atoms with van der Waals surface area (Å²) in [4.78, 5) is 13.1. The zero-order valence-corrected chi connectivity index (χ0v) is 15.2. The Morgan fingerprint density at radius 2 is 1.81 bits per heavy atom. The number of benzene rings is 2. The molecule has 8 heteroatoms. The van der Waals surface area contributed by atoms with E-state index in [4.69, 9.17) is 9.47 Å². The lowest BCUT2D eigenvalue weighted by Gasteiger charge is -2.13. The van der Waals surface area contributed by atoms with Crippen molar-refractivity contribution >= 4 is 27.4 Å². The highest BCUT2D eigenvalue weighted by Gasteiger charge is 2.31. The van der Waals surface area contributed by atoms with E-state index in [1.807, 2.05) is 19.1 Å². The van der Waals surface area contributed by atoms with E-state index >= 15 is 0 Å². The number of hydrogen-bond acceptors (Lipinski definition) is 5. The molecule has 0 aliphatic rings. The van der Waals surface area contributed by atoms with Gasteiger partial charge in [0, 0.05) is 15.0 Å². The van der Waals surface area contributed by atoms with Crippen LogP contribution in [-0.4, -0.2) is 19.4 Å². The van der Waals surface area contributed by atoms with Crippen LogP contribution in [-0.2, 0) is 11.3 Å². The Morgan fingerprint density at radius 3 is 2.44 bits per heavy atom. The molecule has 0 radical (unpaired) electrons. The summed E-state index contributed by atoms with van der Waals surface area (Å²) in [5.74, 6) is -0.443. The van der Waals surface area contributed by atoms with E-state index in [0.717, 1.165) is 15.0 Å². The van der Waals surface area contributed by atoms with Gasteiger partial charge in [-0.05, 0) is 42.8 Å². The summed E-state index contributed by atoms with van der Waals surface area (Å²) < 4.78 is 52.1. The van der Waals surface area contributed by atoms with Gasteiger partial charge >= 0.3 is 12.3 Å². The number of ether oxygens (including phenoxy) is 3. The normalized spacial score (nSPS) is 11.4. The van der Waals surface area contributed by atoms with E-state index in [-0.39, 0.29) is 12.4 Å². The van der Waals surface area contributed by atoms with Crippen molar-refractivity contribution in [2.45, 2.75) is 19.9 Å². The first kappa shape index (κ1) is 19.0. The van der Waals surface area contributed by atoms with Gasteiger partial charge in [0.05, 0.1) is 7.11 Å². The minimum Gasteiger partial charge on any atom is -0.487 e. The zero-order valence-electron chi connectivity index (χ0n) is 14.4. The van der Waals surface area contributed by atoms with Crippen molar-refractivity contribution < 1.29 is 32.2 Å². The second kappa shape index (κ2) is 7.48. The molecule has 0 aliphatic heterocycles. The fourth-order valence-electron chi connectivity index (χ4n) is 2.58. The summed E-state index contributed by atoms with van der Waals surface area (Å²) in [6.45, 7) is 2.02. The monoisotopic (exact) mass is 396 g/mol. The maximum absolute atomic E-state index is 12.2. The van der Waals surface area contributed by atoms with Crippen LogP contribution in [0.15, 0.2) is 42.5 Å². The Kier molecular flexibility index (Phi) is 5.27. The maximum atomic E-state index is 12.2. The summed E-state index contributed by atoms with van der Waals surface area (Å²) in [6, 6.07) is 10.7. The molecule has 27 heavy (non-hydrogen) atoms. The van der Waals surface area contributed by atoms with Crippen molar-refractivity contribution in [2.24, 2.45) is 0 Å². The topological polar surface area (TPSA) is 44.8 Å². The van der Waals surface area contributed by atoms with E-state index in [1.54, 1.807) is 17.4 Å². The molecule has 3 aromatic rings. The highest BCUT2D eigenvalue weighted by molar-refractivity contribution is 7.19. The standard InChI is InChI=1S/C19H15F3O4S/c1-11-9-15-16(27-11)8-7-14(18(23)24-2)17(15)25-10-12-3-5-13(6-4-12)26-19(20,21)22/h3-9H,10H2,1-2H3. The molecule has 0 spiro atoms. The van der Waals surface area contributed by atoms with Crippen molar-refractivity contribution in [1.29, 1.82) is 0 Å². The molecule has 0 atom stereocenters. The molecule has 0 saturated heterocycles. The molecule has 4 nitrogen and oxygen atoms in total. The van der Waals surface area contributed by atoms with Crippen LogP contribution in [0.5, 0.6) is 11.5 Å². The first-order valence-electron chi connectivity index (χ1n) is 7.86. The number of carbonyl (C=O) groups excluding carboxylic acids is 1. The predicted molar refractivity (Wildman–Crippen MR) is 95.4 cm³/mol. The summed E-state index contributed by atoms with van der Waals surface area (Å²) in [6.07, 6.45) is -4.74. The van der Waals surface area contributed by atoms with Gasteiger partial charge in [-0.25, -0.2) is 4.79 Å². The zero-order chi connectivity index (χ0) is 19.6. The first-order valence-corrected chi connectivity index (χ1v) is 8.67. The molecule has 0 unspecified atom stereocenters. The summed E-state index contributed by atoms with van der Waals surface area (Å²) in [5, 5.41) is 0.789. The van der Waals surface area contributed by atoms with Crippen LogP contribution in [0, 0.1) is 6.92 Å². The van der Waals surface area contributed by atoms with E-state index in [2.05, 4.69) is 4.74 Å². The Bertz CT molecular complexity index is 961. The van der Waals surface area contributed by atoms with Gasteiger partial charge in [-0.15, -0.1) is 24.5 Å². The quantitative estimate of drug-likeness (QED) is 0.536. The smallest absolute Gasteiger partial charge is 0.487 e. The van der Waals surface area contributed by atoms with Crippen molar-refractivity contribution in [3.8, 4) is 11.5 Å². The number of aryl methyl sites for hydroxylation is 1. The van der Waals surface area contributed by atoms with Crippen LogP contribution in [0.3, 0.4) is 0 Å². The lowest BCUT2D eigenvalue weighted by molar-refractivity contribution is -0.274. The summed E-state index contributed by atoms with van der Waals surface area (Å²) >= 11 is 1.57. The first-order chi connectivity index (χ1) is 12.8. The van der Waals surface area contributed by atoms with Crippen molar-refractivity contribution in [1.82, 2.24) is 0 Å². The Hall–Kier alpha value is -2.74. The molecule has 0 saturated carbocycles. The van der Waals surface area contributed by atoms with E-state index in [0.29, 0.717) is 16.9 Å². The number of esters is 1. The van der Waals surface area contributed by atoms with Crippen LogP contribution in [0.4, 0.5) is 13.2 Å². The SMILES string of the molecule is COC(=O)c1ccc2sc(C)cc2c1OCc1ccc(OC(F)(F)F)cc1. The van der Waals surface area contributed by atoms with Gasteiger partial charge in [0.15, 0.2) is 0 Å². The van der Waals surface area contributed by atoms with E-state index in [1.165, 1.54) is 31.4 Å². The highest BCUT2D eigenvalue weighted by Crippen LogP contribution is 2.36. The van der Waals surface area contributed by atoms with Gasteiger partial charge < -0.3 is 14.2 Å². The fraction of sp³-hybridized carbons (Fsp3) is 0.211. The van der Waals surface area contributed by atoms with Crippen molar-refractivity contribution in [3.05, 3.63) is 58.5 Å². The third kappa shape index (κ3) is 4.51. The number of methoxy groups -OCH3 is 1. The third-order valence-corrected chi connectivity index (χ3v) is 4.74. The lowest BCUT2D eigenvalue weighted by atomic mass is 10.1. The molecule has 0 fully saturated rings. The van der Waals surface area contributed by atoms with Gasteiger partial charge in [-0.1, -0.05) is 12.1 Å². The molecule has 0 aliphatic carbocycles. The number of alkyl halides is 3. The number of carbonyl (C=O) groups is 1. The van der Waals surface area contributed by atoms with Gasteiger partial charge in [0.2, 0.25) is 0 Å². The molecule has 1 heterocycles. The third-order valence-electron chi connectivity index (χ3n) is 3.72. The van der Waals surface area contributed by atoms with Crippen molar-refractivity contribution in [2.75, 3.05) is 7.11 Å². The Balaban J connectivity index is 1.84. The number of halogens is 3. The molecular weight excluding hydrogens is 381 g/mol. The number of rotatable bonds is 5. The molecule has 142 valence electrons. The fourth-order valence-corrected chi connectivity index (χ4v) is 3.50. The molecule has 2 aromatic carbocycles. The van der Waals surface area contributed by atoms with Crippen LogP contribution in [0.1, 0.15) is 20.8 Å². The van der Waals surface area contributed by atoms with Crippen LogP contribution in [0.2, 0.25) is 0 Å². The Morgan fingerprint density at radius 1 is 1.11 bits per heavy atom. The van der Waals surface area contributed by atoms with Crippen molar-refractivity contribution in [3.63, 3.8) is 0 Å². The van der Waals surface area contributed by atoms with Crippen LogP contribution >= 0.6 is 11.3 Å². The lowest BCUT2D eigenvalue weighted by Crippen LogP contribution is -2.17. The average Bonchev–Trinajstić information content (AvgIpc) is 2.99. The number of fused-ring (bicyclic) bond motifs is 1. The molecule has 3 rings (SSSR count). The van der Waals surface area contributed by atoms with E-state index in [9.17, 15) is 18.0 Å². The molecule has 0 amide bonds. The second-order valence-corrected chi connectivity index (χ2v) is 6.97. The minimum absolute atomic E-state index is 0.0737. The van der Waals surface area contributed by atoms with Crippen LogP contribution in [0.25, 0.3) is 10.1 Å². The molecule has 0 bridgehead atoms. The molecule has 1 aromatic heterocycles. The van der Waals surface area contributed by atoms with Gasteiger partial charge in [-0.2, -0.15) is 0 Å². The maximum Gasteiger partial charge on any atom is 0.573 e. The molecule has 0 N–H and O–H groups in total. The van der Waals surface area contributed by atoms with Gasteiger partial charge in [-0.3, -0.25) is 0 Å². The second-order valence-electron chi connectivity index (χ2n) is 5.68. The summed E-state index contributed by atoms with van der Waals surface area (Å²) in [7, 11) is 1.29. The highest BCUT2D eigenvalue weighted by atomic mass is 32.1.